The van der Waals surface area contributed by atoms with Gasteiger partial charge in [-0.05, 0) is 23.3 Å². The van der Waals surface area contributed by atoms with E-state index in [2.05, 4.69) is 0 Å². The molecule has 0 aromatic heterocycles. The smallest absolute Gasteiger partial charge is 0.123 e. The Labute approximate surface area is 58.4 Å². The third kappa shape index (κ3) is 0.809. The number of rotatable bonds is 0. The molecular weight excluding hydrogens is 131 g/mol. The number of hydrogen-bond donors (Lipinski definition) is 0. The highest BCUT2D eigenvalue weighted by molar-refractivity contribution is 5.34. The molecule has 1 aliphatic rings. The Morgan fingerprint density at radius 2 is 2.30 bits per heavy atom. The van der Waals surface area contributed by atoms with Crippen molar-refractivity contribution in [3.05, 3.63) is 41.8 Å². The van der Waals surface area contributed by atoms with Gasteiger partial charge in [0.2, 0.25) is 0 Å². The fraction of sp³-hybridized carbons (Fsp3) is 0.125. The lowest BCUT2D eigenvalue weighted by atomic mass is 10.1. The van der Waals surface area contributed by atoms with Crippen LogP contribution in [0.15, 0.2) is 18.2 Å². The lowest BCUT2D eigenvalue weighted by molar-refractivity contribution is 0.223. The van der Waals surface area contributed by atoms with Crippen molar-refractivity contribution in [3.63, 3.8) is 0 Å². The van der Waals surface area contributed by atoms with Crippen LogP contribution in [0, 0.1) is 12.4 Å². The maximum atomic E-state index is 12.5. The second kappa shape index (κ2) is 2.06. The van der Waals surface area contributed by atoms with Crippen LogP contribution in [0.4, 0.5) is 4.39 Å². The van der Waals surface area contributed by atoms with Crippen LogP contribution in [0.2, 0.25) is 0 Å². The first-order valence-electron chi connectivity index (χ1n) is 3.09. The van der Waals surface area contributed by atoms with Crippen molar-refractivity contribution in [3.8, 4) is 0 Å². The molecule has 51 valence electrons. The van der Waals surface area contributed by atoms with Gasteiger partial charge in [0.15, 0.2) is 0 Å². The average molecular weight is 137 g/mol. The van der Waals surface area contributed by atoms with Crippen LogP contribution >= 0.6 is 0 Å². The largest absolute Gasteiger partial charge is 0.366 e. The van der Waals surface area contributed by atoms with Gasteiger partial charge in [0.1, 0.15) is 12.4 Å². The molecule has 0 aliphatic carbocycles. The van der Waals surface area contributed by atoms with Gasteiger partial charge >= 0.3 is 0 Å². The summed E-state index contributed by atoms with van der Waals surface area (Å²) in [5, 5.41) is 0. The second-order valence-corrected chi connectivity index (χ2v) is 2.27. The molecule has 0 saturated heterocycles. The Morgan fingerprint density at radius 3 is 3.20 bits per heavy atom. The van der Waals surface area contributed by atoms with Gasteiger partial charge in [-0.3, -0.25) is 0 Å². The first-order valence-corrected chi connectivity index (χ1v) is 3.09. The molecule has 1 aromatic carbocycles. The van der Waals surface area contributed by atoms with Gasteiger partial charge in [-0.25, -0.2) is 4.39 Å². The fourth-order valence-electron chi connectivity index (χ4n) is 1.03. The van der Waals surface area contributed by atoms with E-state index in [-0.39, 0.29) is 5.82 Å². The van der Waals surface area contributed by atoms with Crippen molar-refractivity contribution in [1.82, 2.24) is 0 Å². The lowest BCUT2D eigenvalue weighted by Crippen LogP contribution is -1.81. The van der Waals surface area contributed by atoms with Crippen LogP contribution in [0.3, 0.4) is 0 Å². The molecule has 1 aromatic rings. The Morgan fingerprint density at radius 1 is 1.40 bits per heavy atom. The maximum absolute atomic E-state index is 12.5. The summed E-state index contributed by atoms with van der Waals surface area (Å²) in [6.07, 6.45) is 0. The number of hydrogen-bond acceptors (Lipinski definition) is 1. The molecule has 1 radical (unpaired) electrons. The minimum atomic E-state index is -0.208. The number of ether oxygens (including phenoxy) is 1. The Kier molecular flexibility index (Phi) is 1.21. The van der Waals surface area contributed by atoms with Crippen LogP contribution in [0.1, 0.15) is 11.1 Å². The first-order chi connectivity index (χ1) is 4.86. The normalized spacial score (nSPS) is 15.3. The van der Waals surface area contributed by atoms with Gasteiger partial charge in [-0.15, -0.1) is 0 Å². The third-order valence-corrected chi connectivity index (χ3v) is 1.56. The zero-order chi connectivity index (χ0) is 6.97. The van der Waals surface area contributed by atoms with Crippen LogP contribution in [0.5, 0.6) is 0 Å². The molecule has 1 aliphatic heterocycles. The molecule has 0 fully saturated rings. The predicted molar refractivity (Wildman–Crippen MR) is 34.6 cm³/mol. The highest BCUT2D eigenvalue weighted by atomic mass is 19.1. The Bertz CT molecular complexity index is 257. The van der Waals surface area contributed by atoms with Crippen LogP contribution in [-0.2, 0) is 11.3 Å². The summed E-state index contributed by atoms with van der Waals surface area (Å²) in [6, 6.07) is 4.66. The van der Waals surface area contributed by atoms with E-state index in [1.807, 2.05) is 0 Å². The molecule has 0 amide bonds. The van der Waals surface area contributed by atoms with E-state index in [4.69, 9.17) is 4.74 Å². The van der Waals surface area contributed by atoms with Crippen molar-refractivity contribution >= 4 is 0 Å². The summed E-state index contributed by atoms with van der Waals surface area (Å²) in [5.41, 5.74) is 1.92. The fourth-order valence-corrected chi connectivity index (χ4v) is 1.03. The number of fused-ring (bicyclic) bond motifs is 1. The molecule has 0 saturated carbocycles. The predicted octanol–water partition coefficient (Wildman–Crippen LogP) is 1.87. The van der Waals surface area contributed by atoms with Gasteiger partial charge in [-0.1, -0.05) is 6.07 Å². The van der Waals surface area contributed by atoms with Crippen molar-refractivity contribution in [2.45, 2.75) is 6.61 Å². The zero-order valence-corrected chi connectivity index (χ0v) is 5.30. The number of benzene rings is 1. The molecule has 10 heavy (non-hydrogen) atoms. The first kappa shape index (κ1) is 5.86. The Hall–Kier alpha value is -0.890. The van der Waals surface area contributed by atoms with Crippen molar-refractivity contribution in [1.29, 1.82) is 0 Å². The second-order valence-electron chi connectivity index (χ2n) is 2.27. The topological polar surface area (TPSA) is 9.23 Å². The molecule has 0 N–H and O–H groups in total. The third-order valence-electron chi connectivity index (χ3n) is 1.56. The maximum Gasteiger partial charge on any atom is 0.123 e. The van der Waals surface area contributed by atoms with Gasteiger partial charge in [0.25, 0.3) is 0 Å². The van der Waals surface area contributed by atoms with E-state index in [1.165, 1.54) is 12.1 Å². The zero-order valence-electron chi connectivity index (χ0n) is 5.30. The lowest BCUT2D eigenvalue weighted by Gasteiger charge is -1.93. The highest BCUT2D eigenvalue weighted by Gasteiger charge is 2.11. The molecule has 2 heteroatoms. The van der Waals surface area contributed by atoms with Gasteiger partial charge < -0.3 is 4.74 Å². The summed E-state index contributed by atoms with van der Waals surface area (Å²) in [6.45, 7) is 2.16. The molecule has 2 rings (SSSR count). The summed E-state index contributed by atoms with van der Waals surface area (Å²) >= 11 is 0. The van der Waals surface area contributed by atoms with Crippen molar-refractivity contribution in [2.24, 2.45) is 0 Å². The van der Waals surface area contributed by atoms with E-state index in [9.17, 15) is 4.39 Å². The molecule has 0 spiro atoms. The molecule has 0 unspecified atom stereocenters. The van der Waals surface area contributed by atoms with Crippen molar-refractivity contribution < 1.29 is 9.13 Å². The summed E-state index contributed by atoms with van der Waals surface area (Å²) in [7, 11) is 0. The van der Waals surface area contributed by atoms with Gasteiger partial charge in [0, 0.05) is 0 Å². The van der Waals surface area contributed by atoms with Crippen LogP contribution in [-0.4, -0.2) is 0 Å². The van der Waals surface area contributed by atoms with E-state index >= 15 is 0 Å². The van der Waals surface area contributed by atoms with E-state index in [0.29, 0.717) is 6.61 Å². The monoisotopic (exact) mass is 137 g/mol. The highest BCUT2D eigenvalue weighted by Crippen LogP contribution is 2.21. The van der Waals surface area contributed by atoms with Gasteiger partial charge in [-0.2, -0.15) is 0 Å². The van der Waals surface area contributed by atoms with E-state index in [1.54, 1.807) is 12.7 Å². The molecule has 0 bridgehead atoms. The van der Waals surface area contributed by atoms with E-state index < -0.39 is 0 Å². The van der Waals surface area contributed by atoms with Crippen LogP contribution in [0.25, 0.3) is 0 Å². The minimum Gasteiger partial charge on any atom is -0.366 e. The quantitative estimate of drug-likeness (QED) is 0.530. The standard InChI is InChI=1S/C8H6FO/c9-8-2-1-6-4-10-5-7(6)3-8/h1-3,5H,4H2. The summed E-state index contributed by atoms with van der Waals surface area (Å²) < 4.78 is 17.5. The molecular formula is C8H6FO. The molecule has 1 heterocycles. The van der Waals surface area contributed by atoms with Crippen molar-refractivity contribution in [2.75, 3.05) is 0 Å². The van der Waals surface area contributed by atoms with E-state index in [0.717, 1.165) is 11.1 Å². The summed E-state index contributed by atoms with van der Waals surface area (Å²) in [4.78, 5) is 0. The Balaban J connectivity index is 2.52. The number of halogens is 1. The molecule has 0 atom stereocenters. The summed E-state index contributed by atoms with van der Waals surface area (Å²) in [5.74, 6) is -0.208. The minimum absolute atomic E-state index is 0.208. The van der Waals surface area contributed by atoms with Gasteiger partial charge in [0.05, 0.1) is 6.61 Å². The van der Waals surface area contributed by atoms with Crippen LogP contribution < -0.4 is 0 Å². The molecule has 1 nitrogen and oxygen atoms in total. The SMILES string of the molecule is Fc1ccc2c(c1)[CH]OC2. The average Bonchev–Trinajstić information content (AvgIpc) is 2.33.